The number of hydrogen-bond donors (Lipinski definition) is 2. The second kappa shape index (κ2) is 15.6. The molecule has 0 bridgehead atoms. The molecule has 0 saturated heterocycles. The lowest BCUT2D eigenvalue weighted by Crippen LogP contribution is -2.52. The SMILES string of the molecule is CC(C)CCOC(=O)O[C@@H](C)CC(N)(Cc1ccc(OC(=O)C(C)C(C)C)c(OC(=O)C(C)C(C)C)c1)C(=O)O. The van der Waals surface area contributed by atoms with Gasteiger partial charge in [-0.15, -0.1) is 0 Å². The Balaban J connectivity index is 3.19. The van der Waals surface area contributed by atoms with Crippen molar-refractivity contribution in [2.45, 2.75) is 93.2 Å². The summed E-state index contributed by atoms with van der Waals surface area (Å²) in [6.45, 7) is 16.7. The van der Waals surface area contributed by atoms with Gasteiger partial charge >= 0.3 is 24.1 Å². The minimum absolute atomic E-state index is 0.00454. The number of carbonyl (C=O) groups excluding carboxylic acids is 3. The molecule has 0 aromatic heterocycles. The summed E-state index contributed by atoms with van der Waals surface area (Å²) in [6.07, 6.45) is -1.46. The third-order valence-corrected chi connectivity index (χ3v) is 6.98. The topological polar surface area (TPSA) is 151 Å². The predicted octanol–water partition coefficient (Wildman–Crippen LogP) is 5.38. The molecule has 0 aliphatic rings. The van der Waals surface area contributed by atoms with Crippen LogP contribution in [0.25, 0.3) is 0 Å². The molecule has 226 valence electrons. The Hall–Kier alpha value is -3.14. The van der Waals surface area contributed by atoms with Gasteiger partial charge in [-0.05, 0) is 48.8 Å². The summed E-state index contributed by atoms with van der Waals surface area (Å²) in [5, 5.41) is 9.96. The second-order valence-electron chi connectivity index (χ2n) is 11.7. The molecule has 0 radical (unpaired) electrons. The normalized spacial score (nSPS) is 15.2. The predicted molar refractivity (Wildman–Crippen MR) is 150 cm³/mol. The molecule has 3 unspecified atom stereocenters. The molecule has 1 aromatic carbocycles. The van der Waals surface area contributed by atoms with Crippen molar-refractivity contribution < 1.29 is 43.2 Å². The molecule has 4 atom stereocenters. The molecule has 0 amide bonds. The first kappa shape index (κ1) is 34.9. The van der Waals surface area contributed by atoms with Crippen molar-refractivity contribution in [3.63, 3.8) is 0 Å². The number of rotatable bonds is 15. The number of carbonyl (C=O) groups is 4. The fraction of sp³-hybridized carbons (Fsp3) is 0.667. The molecule has 1 aromatic rings. The van der Waals surface area contributed by atoms with Gasteiger partial charge in [-0.25, -0.2) is 4.79 Å². The Kier molecular flexibility index (Phi) is 13.6. The number of benzene rings is 1. The van der Waals surface area contributed by atoms with Gasteiger partial charge in [0.2, 0.25) is 0 Å². The average molecular weight is 566 g/mol. The Morgan fingerprint density at radius 3 is 1.85 bits per heavy atom. The van der Waals surface area contributed by atoms with Crippen LogP contribution >= 0.6 is 0 Å². The van der Waals surface area contributed by atoms with Gasteiger partial charge in [-0.2, -0.15) is 0 Å². The van der Waals surface area contributed by atoms with E-state index < -0.39 is 47.5 Å². The lowest BCUT2D eigenvalue weighted by Gasteiger charge is -2.28. The first-order chi connectivity index (χ1) is 18.5. The molecule has 0 saturated carbocycles. The highest BCUT2D eigenvalue weighted by atomic mass is 16.7. The summed E-state index contributed by atoms with van der Waals surface area (Å²) in [4.78, 5) is 49.6. The van der Waals surface area contributed by atoms with E-state index in [1.54, 1.807) is 19.9 Å². The highest BCUT2D eigenvalue weighted by Crippen LogP contribution is 2.33. The monoisotopic (exact) mass is 565 g/mol. The van der Waals surface area contributed by atoms with E-state index >= 15 is 0 Å². The molecule has 0 fully saturated rings. The zero-order valence-electron chi connectivity index (χ0n) is 25.3. The highest BCUT2D eigenvalue weighted by molar-refractivity contribution is 5.80. The number of ether oxygens (including phenoxy) is 4. The molecule has 40 heavy (non-hydrogen) atoms. The molecule has 0 spiro atoms. The van der Waals surface area contributed by atoms with Crippen LogP contribution in [0, 0.1) is 29.6 Å². The largest absolute Gasteiger partial charge is 0.508 e. The molecule has 0 aliphatic heterocycles. The van der Waals surface area contributed by atoms with Crippen molar-refractivity contribution in [3.05, 3.63) is 23.8 Å². The molecule has 10 heteroatoms. The van der Waals surface area contributed by atoms with E-state index in [-0.39, 0.29) is 42.8 Å². The number of aliphatic carboxylic acids is 1. The van der Waals surface area contributed by atoms with E-state index in [4.69, 9.17) is 24.7 Å². The third-order valence-electron chi connectivity index (χ3n) is 6.98. The van der Waals surface area contributed by atoms with Crippen molar-refractivity contribution in [3.8, 4) is 11.5 Å². The minimum Gasteiger partial charge on any atom is -0.480 e. The summed E-state index contributed by atoms with van der Waals surface area (Å²) >= 11 is 0. The van der Waals surface area contributed by atoms with Crippen LogP contribution in [0.4, 0.5) is 4.79 Å². The van der Waals surface area contributed by atoms with Crippen molar-refractivity contribution in [1.82, 2.24) is 0 Å². The van der Waals surface area contributed by atoms with E-state index in [1.807, 2.05) is 41.5 Å². The smallest absolute Gasteiger partial charge is 0.480 e. The standard InChI is InChI=1S/C30H47NO9/c1-17(2)12-13-37-29(36)38-20(7)15-30(31,28(34)35)16-23-10-11-24(39-26(32)21(8)18(3)4)25(14-23)40-27(33)22(9)19(5)6/h10-11,14,17-22H,12-13,15-16,31H2,1-9H3,(H,34,35)/t20-,21?,22?,30?/m0/s1. The maximum atomic E-state index is 12.8. The van der Waals surface area contributed by atoms with E-state index in [2.05, 4.69) is 0 Å². The van der Waals surface area contributed by atoms with Crippen LogP contribution in [0.5, 0.6) is 11.5 Å². The number of hydrogen-bond acceptors (Lipinski definition) is 9. The quantitative estimate of drug-likeness (QED) is 0.209. The number of esters is 2. The van der Waals surface area contributed by atoms with Crippen molar-refractivity contribution >= 4 is 24.1 Å². The fourth-order valence-corrected chi connectivity index (χ4v) is 3.50. The van der Waals surface area contributed by atoms with Crippen LogP contribution in [0.1, 0.15) is 80.7 Å². The van der Waals surface area contributed by atoms with Crippen LogP contribution in [0.2, 0.25) is 0 Å². The van der Waals surface area contributed by atoms with Gasteiger partial charge in [0.1, 0.15) is 11.6 Å². The second-order valence-corrected chi connectivity index (χ2v) is 11.7. The van der Waals surface area contributed by atoms with Gasteiger partial charge < -0.3 is 29.8 Å². The van der Waals surface area contributed by atoms with Gasteiger partial charge in [-0.3, -0.25) is 14.4 Å². The molecular weight excluding hydrogens is 518 g/mol. The first-order valence-electron chi connectivity index (χ1n) is 13.9. The number of nitrogens with two attached hydrogens (primary N) is 1. The lowest BCUT2D eigenvalue weighted by atomic mass is 9.86. The van der Waals surface area contributed by atoms with E-state index in [0.717, 1.165) is 0 Å². The van der Waals surface area contributed by atoms with Crippen molar-refractivity contribution in [2.24, 2.45) is 35.3 Å². The van der Waals surface area contributed by atoms with Gasteiger partial charge in [0.05, 0.1) is 18.4 Å². The van der Waals surface area contributed by atoms with Gasteiger partial charge in [0, 0.05) is 12.8 Å². The number of carboxylic acids is 1. The highest BCUT2D eigenvalue weighted by Gasteiger charge is 2.37. The zero-order valence-corrected chi connectivity index (χ0v) is 25.3. The zero-order chi connectivity index (χ0) is 30.8. The van der Waals surface area contributed by atoms with Crippen LogP contribution in [-0.4, -0.2) is 47.4 Å². The molecule has 0 heterocycles. The Morgan fingerprint density at radius 2 is 1.38 bits per heavy atom. The summed E-state index contributed by atoms with van der Waals surface area (Å²) in [7, 11) is 0. The van der Waals surface area contributed by atoms with Gasteiger partial charge in [0.15, 0.2) is 11.5 Å². The Morgan fingerprint density at radius 1 is 0.850 bits per heavy atom. The Labute approximate surface area is 237 Å². The number of carboxylic acid groups (broad SMARTS) is 1. The Bertz CT molecular complexity index is 1020. The average Bonchev–Trinajstić information content (AvgIpc) is 2.83. The summed E-state index contributed by atoms with van der Waals surface area (Å²) < 4.78 is 21.4. The molecular formula is C30H47NO9. The first-order valence-corrected chi connectivity index (χ1v) is 13.9. The van der Waals surface area contributed by atoms with Crippen molar-refractivity contribution in [2.75, 3.05) is 6.61 Å². The molecule has 3 N–H and O–H groups in total. The van der Waals surface area contributed by atoms with Gasteiger partial charge in [-0.1, -0.05) is 61.5 Å². The molecule has 10 nitrogen and oxygen atoms in total. The third kappa shape index (κ3) is 11.2. The van der Waals surface area contributed by atoms with Crippen LogP contribution in [0.3, 0.4) is 0 Å². The van der Waals surface area contributed by atoms with Gasteiger partial charge in [0.25, 0.3) is 0 Å². The summed E-state index contributed by atoms with van der Waals surface area (Å²) in [5.74, 6) is -2.72. The molecule has 1 rings (SSSR count). The maximum absolute atomic E-state index is 12.8. The van der Waals surface area contributed by atoms with E-state index in [0.29, 0.717) is 17.9 Å². The van der Waals surface area contributed by atoms with Crippen LogP contribution in [0.15, 0.2) is 18.2 Å². The fourth-order valence-electron chi connectivity index (χ4n) is 3.50. The summed E-state index contributed by atoms with van der Waals surface area (Å²) in [5.41, 5.74) is 4.90. The van der Waals surface area contributed by atoms with Crippen LogP contribution < -0.4 is 15.2 Å². The maximum Gasteiger partial charge on any atom is 0.508 e. The summed E-state index contributed by atoms with van der Waals surface area (Å²) in [6, 6.07) is 4.46. The lowest BCUT2D eigenvalue weighted by molar-refractivity contribution is -0.145. The van der Waals surface area contributed by atoms with E-state index in [9.17, 15) is 24.3 Å². The van der Waals surface area contributed by atoms with Crippen LogP contribution in [-0.2, 0) is 30.3 Å². The molecule has 0 aliphatic carbocycles. The van der Waals surface area contributed by atoms with E-state index in [1.165, 1.54) is 19.1 Å². The minimum atomic E-state index is -1.82. The van der Waals surface area contributed by atoms with Crippen molar-refractivity contribution in [1.29, 1.82) is 0 Å².